The third-order valence-electron chi connectivity index (χ3n) is 2.81. The summed E-state index contributed by atoms with van der Waals surface area (Å²) in [5.41, 5.74) is 0.851. The van der Waals surface area contributed by atoms with Crippen LogP contribution < -0.4 is 10.1 Å². The number of aliphatic hydroxyl groups is 1. The van der Waals surface area contributed by atoms with E-state index >= 15 is 0 Å². The topological polar surface area (TPSA) is 75.6 Å². The third-order valence-corrected chi connectivity index (χ3v) is 2.81. The number of quaternary nitrogens is 1. The number of carbonyl (C=O) groups is 1. The van der Waals surface area contributed by atoms with Crippen molar-refractivity contribution < 1.29 is 24.7 Å². The quantitative estimate of drug-likeness (QED) is 0.615. The van der Waals surface area contributed by atoms with Crippen LogP contribution in [0, 0.1) is 0 Å². The average Bonchev–Trinajstić information content (AvgIpc) is 2.45. The Kier molecular flexibility index (Phi) is 7.92. The maximum atomic E-state index is 11.7. The van der Waals surface area contributed by atoms with Crippen molar-refractivity contribution in [2.75, 3.05) is 41.0 Å². The van der Waals surface area contributed by atoms with E-state index in [0.717, 1.165) is 12.2 Å². The average molecular weight is 297 g/mol. The van der Waals surface area contributed by atoms with E-state index in [-0.39, 0.29) is 19.1 Å². The summed E-state index contributed by atoms with van der Waals surface area (Å²) < 4.78 is 10.2. The Morgan fingerprint density at radius 3 is 2.52 bits per heavy atom. The van der Waals surface area contributed by atoms with E-state index in [9.17, 15) is 9.90 Å². The molecule has 0 saturated carbocycles. The van der Waals surface area contributed by atoms with E-state index in [2.05, 4.69) is 0 Å². The zero-order valence-electron chi connectivity index (χ0n) is 12.9. The molecule has 118 valence electrons. The van der Waals surface area contributed by atoms with Crippen LogP contribution in [0.25, 0.3) is 0 Å². The number of amides is 1. The van der Waals surface area contributed by atoms with Crippen molar-refractivity contribution >= 4 is 11.6 Å². The predicted molar refractivity (Wildman–Crippen MR) is 79.6 cm³/mol. The first-order valence-electron chi connectivity index (χ1n) is 6.93. The molecule has 1 rings (SSSR count). The van der Waals surface area contributed by atoms with Crippen LogP contribution in [0.15, 0.2) is 24.3 Å². The fourth-order valence-corrected chi connectivity index (χ4v) is 1.69. The zero-order chi connectivity index (χ0) is 15.7. The second kappa shape index (κ2) is 9.46. The molecule has 0 bridgehead atoms. The summed E-state index contributed by atoms with van der Waals surface area (Å²) >= 11 is 0. The van der Waals surface area contributed by atoms with Gasteiger partial charge in [0.2, 0.25) is 0 Å². The molecule has 1 unspecified atom stereocenters. The van der Waals surface area contributed by atoms with Crippen molar-refractivity contribution in [2.24, 2.45) is 0 Å². The Morgan fingerprint density at radius 2 is 1.95 bits per heavy atom. The first kappa shape index (κ1) is 17.6. The molecule has 0 spiro atoms. The SMILES string of the molecule is COCC(O)COc1ccc([NH2+]C(=O)CCN(C)C)cc1. The Labute approximate surface area is 125 Å². The van der Waals surface area contributed by atoms with Gasteiger partial charge in [-0.25, -0.2) is 4.79 Å². The molecule has 0 aromatic heterocycles. The van der Waals surface area contributed by atoms with Gasteiger partial charge in [0, 0.05) is 25.8 Å². The second-order valence-corrected chi connectivity index (χ2v) is 5.15. The summed E-state index contributed by atoms with van der Waals surface area (Å²) in [6.07, 6.45) is -0.136. The van der Waals surface area contributed by atoms with Crippen molar-refractivity contribution in [3.63, 3.8) is 0 Å². The number of rotatable bonds is 9. The molecule has 6 heteroatoms. The van der Waals surface area contributed by atoms with Gasteiger partial charge in [-0.15, -0.1) is 0 Å². The van der Waals surface area contributed by atoms with Crippen LogP contribution in [0.1, 0.15) is 6.42 Å². The van der Waals surface area contributed by atoms with E-state index < -0.39 is 6.10 Å². The molecule has 1 aromatic carbocycles. The maximum absolute atomic E-state index is 11.7. The minimum Gasteiger partial charge on any atom is -0.491 e. The van der Waals surface area contributed by atoms with E-state index in [1.807, 2.05) is 31.1 Å². The van der Waals surface area contributed by atoms with Gasteiger partial charge in [-0.2, -0.15) is 0 Å². The first-order valence-corrected chi connectivity index (χ1v) is 6.93. The Bertz CT molecular complexity index is 420. The van der Waals surface area contributed by atoms with Crippen molar-refractivity contribution in [1.29, 1.82) is 0 Å². The minimum atomic E-state index is -0.645. The normalized spacial score (nSPS) is 12.4. The van der Waals surface area contributed by atoms with Crippen LogP contribution >= 0.6 is 0 Å². The van der Waals surface area contributed by atoms with Gasteiger partial charge < -0.3 is 19.5 Å². The molecule has 1 amide bonds. The number of nitrogens with zero attached hydrogens (tertiary/aromatic N) is 1. The molecule has 1 atom stereocenters. The molecule has 0 aliphatic carbocycles. The van der Waals surface area contributed by atoms with Crippen LogP contribution in [0.4, 0.5) is 5.69 Å². The number of aliphatic hydroxyl groups excluding tert-OH is 1. The van der Waals surface area contributed by atoms with E-state index in [1.54, 1.807) is 17.4 Å². The van der Waals surface area contributed by atoms with Crippen LogP contribution in [0.2, 0.25) is 0 Å². The number of benzene rings is 1. The summed E-state index contributed by atoms with van der Waals surface area (Å²) in [7, 11) is 5.41. The Hall–Kier alpha value is -1.47. The highest BCUT2D eigenvalue weighted by molar-refractivity contribution is 5.68. The number of carbonyl (C=O) groups excluding carboxylic acids is 1. The highest BCUT2D eigenvalue weighted by Crippen LogP contribution is 2.12. The molecule has 0 fully saturated rings. The van der Waals surface area contributed by atoms with Gasteiger partial charge in [-0.3, -0.25) is 5.32 Å². The Balaban J connectivity index is 2.38. The monoisotopic (exact) mass is 297 g/mol. The van der Waals surface area contributed by atoms with Crippen molar-refractivity contribution in [3.05, 3.63) is 24.3 Å². The Morgan fingerprint density at radius 1 is 1.29 bits per heavy atom. The fourth-order valence-electron chi connectivity index (χ4n) is 1.69. The molecular weight excluding hydrogens is 272 g/mol. The van der Waals surface area contributed by atoms with Gasteiger partial charge in [0.05, 0.1) is 13.0 Å². The summed E-state index contributed by atoms with van der Waals surface area (Å²) in [5, 5.41) is 11.1. The van der Waals surface area contributed by atoms with Gasteiger partial charge in [0.25, 0.3) is 0 Å². The number of ether oxygens (including phenoxy) is 2. The van der Waals surface area contributed by atoms with E-state index in [1.165, 1.54) is 7.11 Å². The van der Waals surface area contributed by atoms with E-state index in [0.29, 0.717) is 12.2 Å². The van der Waals surface area contributed by atoms with E-state index in [4.69, 9.17) is 9.47 Å². The largest absolute Gasteiger partial charge is 0.491 e. The summed E-state index contributed by atoms with van der Waals surface area (Å²) in [6, 6.07) is 7.21. The fraction of sp³-hybridized carbons (Fsp3) is 0.533. The van der Waals surface area contributed by atoms with Gasteiger partial charge >= 0.3 is 5.91 Å². The zero-order valence-corrected chi connectivity index (χ0v) is 12.9. The van der Waals surface area contributed by atoms with Gasteiger partial charge in [-0.05, 0) is 26.2 Å². The molecule has 1 aromatic rings. The second-order valence-electron chi connectivity index (χ2n) is 5.15. The standard InChI is InChI=1S/C15H24N2O4/c1-17(2)9-8-15(19)16-12-4-6-14(7-5-12)21-11-13(18)10-20-3/h4-7,13,18H,8-11H2,1-3H3,(H,16,19)/p+1. The molecular formula is C15H25N2O4+. The maximum Gasteiger partial charge on any atom is 0.316 e. The van der Waals surface area contributed by atoms with Gasteiger partial charge in [0.1, 0.15) is 24.1 Å². The molecule has 0 saturated heterocycles. The van der Waals surface area contributed by atoms with Crippen LogP contribution in [0.5, 0.6) is 5.75 Å². The van der Waals surface area contributed by atoms with Crippen molar-refractivity contribution in [2.45, 2.75) is 12.5 Å². The summed E-state index contributed by atoms with van der Waals surface area (Å²) in [5.74, 6) is 0.760. The highest BCUT2D eigenvalue weighted by atomic mass is 16.5. The van der Waals surface area contributed by atoms with Crippen LogP contribution in [0.3, 0.4) is 0 Å². The van der Waals surface area contributed by atoms with Crippen LogP contribution in [-0.4, -0.2) is 63.0 Å². The first-order chi connectivity index (χ1) is 10.0. The van der Waals surface area contributed by atoms with Gasteiger partial charge in [0.15, 0.2) is 0 Å². The number of methoxy groups -OCH3 is 1. The summed E-state index contributed by atoms with van der Waals surface area (Å²) in [6.45, 7) is 1.17. The predicted octanol–water partition coefficient (Wildman–Crippen LogP) is -0.254. The van der Waals surface area contributed by atoms with Crippen LogP contribution in [-0.2, 0) is 9.53 Å². The minimum absolute atomic E-state index is 0.105. The van der Waals surface area contributed by atoms with Crippen molar-refractivity contribution in [3.8, 4) is 5.75 Å². The molecule has 0 heterocycles. The smallest absolute Gasteiger partial charge is 0.316 e. The molecule has 0 radical (unpaired) electrons. The molecule has 0 aliphatic heterocycles. The lowest BCUT2D eigenvalue weighted by atomic mass is 10.3. The highest BCUT2D eigenvalue weighted by Gasteiger charge is 2.09. The molecule has 0 aliphatic rings. The number of primary amides is 1. The molecule has 3 N–H and O–H groups in total. The van der Waals surface area contributed by atoms with Crippen molar-refractivity contribution in [1.82, 2.24) is 4.90 Å². The lowest BCUT2D eigenvalue weighted by Gasteiger charge is -2.11. The molecule has 21 heavy (non-hydrogen) atoms. The number of hydrogen-bond acceptors (Lipinski definition) is 5. The number of nitrogens with two attached hydrogens (primary N) is 1. The third kappa shape index (κ3) is 7.77. The lowest BCUT2D eigenvalue weighted by molar-refractivity contribution is -0.483. The lowest BCUT2D eigenvalue weighted by Crippen LogP contribution is -2.82. The number of hydrogen-bond donors (Lipinski definition) is 2. The van der Waals surface area contributed by atoms with Gasteiger partial charge in [-0.1, -0.05) is 0 Å². The molecule has 6 nitrogen and oxygen atoms in total. The summed E-state index contributed by atoms with van der Waals surface area (Å²) in [4.78, 5) is 13.7.